The summed E-state index contributed by atoms with van der Waals surface area (Å²) in [6.45, 7) is 0.229. The van der Waals surface area contributed by atoms with E-state index < -0.39 is 15.9 Å². The number of hydrogen-bond donors (Lipinski definition) is 0. The van der Waals surface area contributed by atoms with Crippen LogP contribution in [-0.4, -0.2) is 36.9 Å². The van der Waals surface area contributed by atoms with Gasteiger partial charge in [-0.1, -0.05) is 57.6 Å². The summed E-state index contributed by atoms with van der Waals surface area (Å²) < 4.78 is 34.6. The average molecular weight is 610 g/mol. The topological polar surface area (TPSA) is 96.1 Å². The van der Waals surface area contributed by atoms with Crippen LogP contribution in [0.2, 0.25) is 0 Å². The van der Waals surface area contributed by atoms with E-state index in [1.165, 1.54) is 64.4 Å². The maximum atomic E-state index is 13.6. The number of carbonyl (C=O) groups is 1. The van der Waals surface area contributed by atoms with Crippen LogP contribution < -0.4 is 5.01 Å². The fourth-order valence-electron chi connectivity index (χ4n) is 3.64. The molecule has 1 amide bonds. The molecule has 0 saturated heterocycles. The van der Waals surface area contributed by atoms with Crippen molar-refractivity contribution in [1.82, 2.24) is 9.29 Å². The number of thiazole rings is 1. The van der Waals surface area contributed by atoms with Crippen molar-refractivity contribution in [2.75, 3.05) is 12.1 Å². The third kappa shape index (κ3) is 5.60. The lowest BCUT2D eigenvalue weighted by atomic mass is 10.2. The minimum atomic E-state index is -3.76. The van der Waals surface area contributed by atoms with Gasteiger partial charge in [0.1, 0.15) is 5.76 Å². The van der Waals surface area contributed by atoms with Crippen LogP contribution in [0.3, 0.4) is 0 Å². The summed E-state index contributed by atoms with van der Waals surface area (Å²) in [5.74, 6) is 0.00191. The van der Waals surface area contributed by atoms with Gasteiger partial charge in [-0.15, -0.1) is 0 Å². The quantitative estimate of drug-likeness (QED) is 0.155. The molecule has 0 bridgehead atoms. The van der Waals surface area contributed by atoms with Gasteiger partial charge in [-0.2, -0.15) is 14.4 Å². The first-order valence-electron chi connectivity index (χ1n) is 11.4. The molecule has 0 unspecified atom stereocenters. The number of furan rings is 1. The van der Waals surface area contributed by atoms with Gasteiger partial charge in [-0.25, -0.2) is 13.4 Å². The summed E-state index contributed by atoms with van der Waals surface area (Å²) in [5, 5.41) is 5.90. The molecule has 38 heavy (non-hydrogen) atoms. The lowest BCUT2D eigenvalue weighted by Crippen LogP contribution is -2.27. The largest absolute Gasteiger partial charge is 0.463 e. The van der Waals surface area contributed by atoms with Crippen molar-refractivity contribution < 1.29 is 17.6 Å². The van der Waals surface area contributed by atoms with E-state index in [1.54, 1.807) is 12.1 Å². The van der Waals surface area contributed by atoms with Crippen molar-refractivity contribution in [2.45, 2.75) is 11.4 Å². The molecule has 0 N–H and O–H groups in total. The van der Waals surface area contributed by atoms with Crippen molar-refractivity contribution in [3.63, 3.8) is 0 Å². The number of rotatable bonds is 8. The Morgan fingerprint density at radius 3 is 2.53 bits per heavy atom. The molecular weight excluding hydrogens is 588 g/mol. The molecule has 3 aromatic carbocycles. The Bertz CT molecular complexity index is 1700. The first-order valence-corrected chi connectivity index (χ1v) is 14.4. The summed E-state index contributed by atoms with van der Waals surface area (Å²) in [5.41, 5.74) is 1.85. The van der Waals surface area contributed by atoms with Crippen LogP contribution in [0.5, 0.6) is 0 Å². The predicted molar refractivity (Wildman–Crippen MR) is 152 cm³/mol. The molecule has 11 heteroatoms. The molecule has 0 spiro atoms. The van der Waals surface area contributed by atoms with Crippen molar-refractivity contribution in [3.05, 3.63) is 113 Å². The van der Waals surface area contributed by atoms with Gasteiger partial charge in [0.2, 0.25) is 15.2 Å². The number of nitrogens with zero attached hydrogens (tertiary/aromatic N) is 4. The Morgan fingerprint density at radius 2 is 1.82 bits per heavy atom. The fourth-order valence-corrected chi connectivity index (χ4v) is 6.28. The number of anilines is 1. The van der Waals surface area contributed by atoms with E-state index in [2.05, 4.69) is 26.0 Å². The van der Waals surface area contributed by atoms with E-state index in [4.69, 9.17) is 4.42 Å². The van der Waals surface area contributed by atoms with Crippen LogP contribution in [0.15, 0.2) is 110 Å². The molecule has 0 aliphatic carbocycles. The summed E-state index contributed by atoms with van der Waals surface area (Å²) >= 11 is 4.77. The minimum Gasteiger partial charge on any atom is -0.463 e. The van der Waals surface area contributed by atoms with Gasteiger partial charge < -0.3 is 4.42 Å². The first-order chi connectivity index (χ1) is 18.3. The van der Waals surface area contributed by atoms with Gasteiger partial charge in [-0.05, 0) is 60.2 Å². The molecule has 192 valence electrons. The number of benzene rings is 3. The molecule has 2 heterocycles. The van der Waals surface area contributed by atoms with E-state index in [0.717, 1.165) is 20.3 Å². The SMILES string of the molecule is CN(Cc1ccccc1)S(=O)(=O)c1ccc(C(=O)N(/N=C/c2ccco2)c2nc3ccc(Br)cc3s2)cc1. The van der Waals surface area contributed by atoms with Crippen molar-refractivity contribution in [2.24, 2.45) is 5.10 Å². The Labute approximate surface area is 232 Å². The normalized spacial score (nSPS) is 12.0. The molecule has 2 aromatic heterocycles. The molecule has 5 rings (SSSR count). The third-order valence-corrected chi connectivity index (χ3v) is 8.92. The van der Waals surface area contributed by atoms with Gasteiger partial charge in [0.15, 0.2) is 0 Å². The lowest BCUT2D eigenvalue weighted by Gasteiger charge is -2.18. The highest BCUT2D eigenvalue weighted by Gasteiger charge is 2.24. The number of amides is 1. The number of hydrazone groups is 1. The Morgan fingerprint density at radius 1 is 1.05 bits per heavy atom. The highest BCUT2D eigenvalue weighted by atomic mass is 79.9. The van der Waals surface area contributed by atoms with E-state index >= 15 is 0 Å². The zero-order chi connectivity index (χ0) is 26.7. The highest BCUT2D eigenvalue weighted by molar-refractivity contribution is 9.10. The minimum absolute atomic E-state index is 0.0861. The molecular formula is C27H21BrN4O4S2. The molecule has 0 aliphatic heterocycles. The van der Waals surface area contributed by atoms with Crippen LogP contribution in [-0.2, 0) is 16.6 Å². The molecule has 5 aromatic rings. The summed E-state index contributed by atoms with van der Waals surface area (Å²) in [6, 6.07) is 24.2. The standard InChI is InChI=1S/C27H21BrN4O4S2/c1-31(18-19-6-3-2-4-7-19)38(34,35)23-12-9-20(10-13-23)26(33)32(29-17-22-8-5-15-36-22)27-30-24-14-11-21(28)16-25(24)37-27/h2-17H,18H2,1H3/b29-17+. The zero-order valence-corrected chi connectivity index (χ0v) is 23.3. The number of carbonyl (C=O) groups excluding carboxylic acids is 1. The lowest BCUT2D eigenvalue weighted by molar-refractivity contribution is 0.0987. The molecule has 0 fully saturated rings. The molecule has 0 atom stereocenters. The number of sulfonamides is 1. The van der Waals surface area contributed by atoms with Crippen molar-refractivity contribution in [3.8, 4) is 0 Å². The molecule has 0 radical (unpaired) electrons. The second kappa shape index (κ2) is 11.0. The van der Waals surface area contributed by atoms with Crippen LogP contribution in [0.25, 0.3) is 10.2 Å². The van der Waals surface area contributed by atoms with E-state index in [0.29, 0.717) is 10.9 Å². The monoisotopic (exact) mass is 608 g/mol. The first kappa shape index (κ1) is 26.0. The zero-order valence-electron chi connectivity index (χ0n) is 20.1. The molecule has 0 aliphatic rings. The summed E-state index contributed by atoms with van der Waals surface area (Å²) in [4.78, 5) is 18.2. The number of aromatic nitrogens is 1. The Balaban J connectivity index is 1.43. The van der Waals surface area contributed by atoms with Gasteiger partial charge in [0.25, 0.3) is 5.91 Å². The summed E-state index contributed by atoms with van der Waals surface area (Å²) in [6.07, 6.45) is 2.94. The van der Waals surface area contributed by atoms with E-state index in [-0.39, 0.29) is 17.0 Å². The number of hydrogen-bond acceptors (Lipinski definition) is 7. The van der Waals surface area contributed by atoms with Gasteiger partial charge in [0.05, 0.1) is 27.6 Å². The van der Waals surface area contributed by atoms with Crippen molar-refractivity contribution in [1.29, 1.82) is 0 Å². The highest BCUT2D eigenvalue weighted by Crippen LogP contribution is 2.32. The number of halogens is 1. The third-order valence-electron chi connectivity index (χ3n) is 5.61. The van der Waals surface area contributed by atoms with E-state index in [9.17, 15) is 13.2 Å². The smallest absolute Gasteiger partial charge is 0.280 e. The van der Waals surface area contributed by atoms with Crippen LogP contribution in [0.1, 0.15) is 21.7 Å². The Hall–Kier alpha value is -3.64. The maximum absolute atomic E-state index is 13.6. The Kier molecular flexibility index (Phi) is 7.52. The molecule has 0 saturated carbocycles. The molecule has 8 nitrogen and oxygen atoms in total. The average Bonchev–Trinajstić information content (AvgIpc) is 3.59. The predicted octanol–water partition coefficient (Wildman–Crippen LogP) is 6.15. The van der Waals surface area contributed by atoms with Crippen LogP contribution in [0.4, 0.5) is 5.13 Å². The van der Waals surface area contributed by atoms with Gasteiger partial charge in [-0.3, -0.25) is 4.79 Å². The summed E-state index contributed by atoms with van der Waals surface area (Å²) in [7, 11) is -2.24. The van der Waals surface area contributed by atoms with Crippen LogP contribution in [0, 0.1) is 0 Å². The maximum Gasteiger partial charge on any atom is 0.280 e. The van der Waals surface area contributed by atoms with Gasteiger partial charge in [0, 0.05) is 23.6 Å². The second-order valence-electron chi connectivity index (χ2n) is 8.26. The van der Waals surface area contributed by atoms with Crippen molar-refractivity contribution >= 4 is 64.8 Å². The second-order valence-corrected chi connectivity index (χ2v) is 12.2. The fraction of sp³-hybridized carbons (Fsp3) is 0.0741. The number of fused-ring (bicyclic) bond motifs is 1. The van der Waals surface area contributed by atoms with E-state index in [1.807, 2.05) is 48.5 Å². The van der Waals surface area contributed by atoms with Crippen LogP contribution >= 0.6 is 27.3 Å². The van der Waals surface area contributed by atoms with Gasteiger partial charge >= 0.3 is 0 Å².